The molecule has 0 spiro atoms. The van der Waals surface area contributed by atoms with Crippen molar-refractivity contribution in [1.29, 1.82) is 0 Å². The molecule has 0 aliphatic rings. The molecule has 3 N–H and O–H groups in total. The molecule has 0 aliphatic carbocycles. The van der Waals surface area contributed by atoms with Gasteiger partial charge in [0.25, 0.3) is 0 Å². The molecule has 20 heavy (non-hydrogen) atoms. The molecule has 0 unspecified atom stereocenters. The molecule has 1 amide bonds. The van der Waals surface area contributed by atoms with Gasteiger partial charge in [-0.3, -0.25) is 4.79 Å². The summed E-state index contributed by atoms with van der Waals surface area (Å²) >= 11 is 0. The summed E-state index contributed by atoms with van der Waals surface area (Å²) in [5.41, 5.74) is 5.73. The van der Waals surface area contributed by atoms with Gasteiger partial charge < -0.3 is 11.1 Å². The number of rotatable bonds is 4. The second-order valence-corrected chi connectivity index (χ2v) is 6.46. The molecule has 8 heteroatoms. The van der Waals surface area contributed by atoms with Gasteiger partial charge in [-0.05, 0) is 31.0 Å². The molecule has 0 saturated heterocycles. The molecule has 0 aliphatic heterocycles. The van der Waals surface area contributed by atoms with E-state index in [0.717, 1.165) is 10.4 Å². The highest BCUT2D eigenvalue weighted by molar-refractivity contribution is 7.89. The number of benzene rings is 1. The fourth-order valence-electron chi connectivity index (χ4n) is 1.85. The Morgan fingerprint density at radius 2 is 2.00 bits per heavy atom. The maximum Gasteiger partial charge on any atom is 0.243 e. The first-order valence-electron chi connectivity index (χ1n) is 5.85. The van der Waals surface area contributed by atoms with E-state index in [-0.39, 0.29) is 28.3 Å². The average Bonchev–Trinajstić information content (AvgIpc) is 2.35. The predicted molar refractivity (Wildman–Crippen MR) is 74.2 cm³/mol. The van der Waals surface area contributed by atoms with Crippen LogP contribution in [0, 0.1) is 19.7 Å². The lowest BCUT2D eigenvalue weighted by Gasteiger charge is -2.20. The van der Waals surface area contributed by atoms with Crippen molar-refractivity contribution < 1.29 is 17.6 Å². The Hall–Kier alpha value is -1.67. The number of nitrogens with two attached hydrogens (primary N) is 1. The van der Waals surface area contributed by atoms with E-state index in [0.29, 0.717) is 0 Å². The van der Waals surface area contributed by atoms with Gasteiger partial charge in [0.1, 0.15) is 5.82 Å². The van der Waals surface area contributed by atoms with Gasteiger partial charge in [-0.25, -0.2) is 12.8 Å². The molecule has 112 valence electrons. The molecule has 6 nitrogen and oxygen atoms in total. The number of hydrogen-bond donors (Lipinski definition) is 2. The van der Waals surface area contributed by atoms with Crippen LogP contribution in [0.1, 0.15) is 11.1 Å². The highest BCUT2D eigenvalue weighted by atomic mass is 32.2. The second kappa shape index (κ2) is 5.76. The number of carbonyl (C=O) groups excluding carboxylic acids is 1. The molecule has 0 heterocycles. The zero-order chi connectivity index (χ0) is 15.7. The third-order valence-electron chi connectivity index (χ3n) is 3.02. The fraction of sp³-hybridized carbons (Fsp3) is 0.417. The largest absolute Gasteiger partial charge is 0.396 e. The zero-order valence-corrected chi connectivity index (χ0v) is 12.6. The quantitative estimate of drug-likeness (QED) is 0.787. The number of sulfonamides is 1. The first kappa shape index (κ1) is 16.4. The number of carbonyl (C=O) groups is 1. The smallest absolute Gasteiger partial charge is 0.243 e. The zero-order valence-electron chi connectivity index (χ0n) is 11.8. The SMILES string of the molecule is CNC(=O)CN(C)S(=O)(=O)c1c(C)cc(F)c(N)c1C. The number of anilines is 1. The molecule has 0 bridgehead atoms. The van der Waals surface area contributed by atoms with Crippen molar-refractivity contribution >= 4 is 21.6 Å². The minimum atomic E-state index is -3.92. The van der Waals surface area contributed by atoms with Crippen LogP contribution in [-0.2, 0) is 14.8 Å². The van der Waals surface area contributed by atoms with E-state index in [9.17, 15) is 17.6 Å². The number of amides is 1. The Morgan fingerprint density at radius 1 is 1.45 bits per heavy atom. The van der Waals surface area contributed by atoms with Crippen LogP contribution in [0.4, 0.5) is 10.1 Å². The second-order valence-electron chi connectivity index (χ2n) is 4.48. The van der Waals surface area contributed by atoms with E-state index in [4.69, 9.17) is 5.73 Å². The van der Waals surface area contributed by atoms with Crippen molar-refractivity contribution in [2.24, 2.45) is 0 Å². The van der Waals surface area contributed by atoms with Crippen molar-refractivity contribution in [2.75, 3.05) is 26.4 Å². The Morgan fingerprint density at radius 3 is 2.50 bits per heavy atom. The summed E-state index contributed by atoms with van der Waals surface area (Å²) in [6, 6.07) is 1.07. The van der Waals surface area contributed by atoms with E-state index in [1.165, 1.54) is 27.9 Å². The molecule has 0 atom stereocenters. The highest BCUT2D eigenvalue weighted by Crippen LogP contribution is 2.29. The predicted octanol–water partition coefficient (Wildman–Crippen LogP) is 0.391. The van der Waals surface area contributed by atoms with Crippen molar-refractivity contribution in [3.05, 3.63) is 23.0 Å². The number of halogens is 1. The minimum Gasteiger partial charge on any atom is -0.396 e. The Balaban J connectivity index is 3.37. The molecule has 0 radical (unpaired) electrons. The summed E-state index contributed by atoms with van der Waals surface area (Å²) < 4.78 is 39.3. The number of likely N-dealkylation sites (N-methyl/N-ethyl adjacent to an activating group) is 2. The summed E-state index contributed by atoms with van der Waals surface area (Å²) in [4.78, 5) is 11.2. The number of nitrogen functional groups attached to an aromatic ring is 1. The van der Waals surface area contributed by atoms with E-state index in [1.54, 1.807) is 0 Å². The summed E-state index contributed by atoms with van der Waals surface area (Å²) in [5.74, 6) is -1.10. The molecule has 1 aromatic carbocycles. The monoisotopic (exact) mass is 303 g/mol. The molecule has 0 saturated carbocycles. The van der Waals surface area contributed by atoms with E-state index in [1.807, 2.05) is 0 Å². The van der Waals surface area contributed by atoms with Gasteiger partial charge in [-0.1, -0.05) is 0 Å². The number of aryl methyl sites for hydroxylation is 1. The van der Waals surface area contributed by atoms with Crippen molar-refractivity contribution in [1.82, 2.24) is 9.62 Å². The van der Waals surface area contributed by atoms with Gasteiger partial charge in [-0.15, -0.1) is 0 Å². The highest BCUT2D eigenvalue weighted by Gasteiger charge is 2.28. The number of hydrogen-bond acceptors (Lipinski definition) is 4. The normalized spacial score (nSPS) is 11.7. The first-order valence-corrected chi connectivity index (χ1v) is 7.29. The topological polar surface area (TPSA) is 92.5 Å². The molecule has 0 fully saturated rings. The maximum absolute atomic E-state index is 13.5. The first-order chi connectivity index (χ1) is 9.12. The molecule has 1 rings (SSSR count). The van der Waals surface area contributed by atoms with E-state index < -0.39 is 21.7 Å². The van der Waals surface area contributed by atoms with Gasteiger partial charge in [-0.2, -0.15) is 4.31 Å². The van der Waals surface area contributed by atoms with Gasteiger partial charge in [0.2, 0.25) is 15.9 Å². The molecular weight excluding hydrogens is 285 g/mol. The van der Waals surface area contributed by atoms with Crippen molar-refractivity contribution in [3.63, 3.8) is 0 Å². The van der Waals surface area contributed by atoms with Gasteiger partial charge >= 0.3 is 0 Å². The minimum absolute atomic E-state index is 0.0668. The lowest BCUT2D eigenvalue weighted by atomic mass is 10.1. The summed E-state index contributed by atoms with van der Waals surface area (Å²) in [5, 5.41) is 2.34. The van der Waals surface area contributed by atoms with Gasteiger partial charge in [0.15, 0.2) is 0 Å². The Bertz CT molecular complexity index is 644. The van der Waals surface area contributed by atoms with Crippen LogP contribution in [0.15, 0.2) is 11.0 Å². The molecular formula is C12H18FN3O3S. The number of nitrogens with one attached hydrogen (secondary N) is 1. The number of nitrogens with zero attached hydrogens (tertiary/aromatic N) is 1. The van der Waals surface area contributed by atoms with E-state index in [2.05, 4.69) is 5.32 Å². The van der Waals surface area contributed by atoms with Crippen LogP contribution in [0.25, 0.3) is 0 Å². The van der Waals surface area contributed by atoms with Crippen molar-refractivity contribution in [3.8, 4) is 0 Å². The van der Waals surface area contributed by atoms with Crippen molar-refractivity contribution in [2.45, 2.75) is 18.7 Å². The standard InChI is InChI=1S/C12H18FN3O3S/c1-7-5-9(13)11(14)8(2)12(7)20(18,19)16(4)6-10(17)15-3/h5H,6,14H2,1-4H3,(H,15,17). The summed E-state index contributed by atoms with van der Waals surface area (Å²) in [7, 11) is -1.23. The van der Waals surface area contributed by atoms with Gasteiger partial charge in [0.05, 0.1) is 17.1 Å². The summed E-state index contributed by atoms with van der Waals surface area (Å²) in [6.07, 6.45) is 0. The van der Waals surface area contributed by atoms with Crippen LogP contribution in [-0.4, -0.2) is 39.3 Å². The van der Waals surface area contributed by atoms with Crippen LogP contribution < -0.4 is 11.1 Å². The Labute approximate surface area is 117 Å². The third kappa shape index (κ3) is 2.91. The van der Waals surface area contributed by atoms with Crippen LogP contribution in [0.3, 0.4) is 0 Å². The summed E-state index contributed by atoms with van der Waals surface area (Å²) in [6.45, 7) is 2.59. The lowest BCUT2D eigenvalue weighted by Crippen LogP contribution is -2.37. The molecule has 1 aromatic rings. The molecule has 0 aromatic heterocycles. The lowest BCUT2D eigenvalue weighted by molar-refractivity contribution is -0.120. The maximum atomic E-state index is 13.5. The van der Waals surface area contributed by atoms with E-state index >= 15 is 0 Å². The fourth-order valence-corrected chi connectivity index (χ4v) is 3.41. The average molecular weight is 303 g/mol. The Kier molecular flexibility index (Phi) is 4.72. The van der Waals surface area contributed by atoms with Gasteiger partial charge in [0, 0.05) is 14.1 Å². The van der Waals surface area contributed by atoms with Crippen LogP contribution in [0.5, 0.6) is 0 Å². The van der Waals surface area contributed by atoms with Crippen LogP contribution >= 0.6 is 0 Å². The third-order valence-corrected chi connectivity index (χ3v) is 5.11. The van der Waals surface area contributed by atoms with Crippen LogP contribution in [0.2, 0.25) is 0 Å².